The molecule has 0 N–H and O–H groups in total. The summed E-state index contributed by atoms with van der Waals surface area (Å²) < 4.78 is 6.46. The van der Waals surface area contributed by atoms with Crippen molar-refractivity contribution in [1.82, 2.24) is 4.90 Å². The van der Waals surface area contributed by atoms with Gasteiger partial charge >= 0.3 is 0 Å². The van der Waals surface area contributed by atoms with Crippen molar-refractivity contribution in [2.24, 2.45) is 5.92 Å². The number of rotatable bonds is 9. The van der Waals surface area contributed by atoms with Gasteiger partial charge in [-0.2, -0.15) is 0 Å². The lowest BCUT2D eigenvalue weighted by molar-refractivity contribution is 0.00406. The maximum absolute atomic E-state index is 6.46. The van der Waals surface area contributed by atoms with E-state index in [-0.39, 0.29) is 12.1 Å². The fraction of sp³-hybridized carbons (Fsp3) is 0.417. The first kappa shape index (κ1) is 18.9. The van der Waals surface area contributed by atoms with Gasteiger partial charge in [0.1, 0.15) is 0 Å². The molecule has 26 heavy (non-hydrogen) atoms. The van der Waals surface area contributed by atoms with Gasteiger partial charge in [-0.05, 0) is 23.5 Å². The van der Waals surface area contributed by atoms with E-state index in [0.717, 1.165) is 13.1 Å². The van der Waals surface area contributed by atoms with Gasteiger partial charge in [0, 0.05) is 13.1 Å². The molecular weight excluding hydrogens is 318 g/mol. The van der Waals surface area contributed by atoms with Crippen molar-refractivity contribution in [3.63, 3.8) is 0 Å². The molecule has 3 atom stereocenters. The second kappa shape index (κ2) is 9.70. The molecule has 2 aromatic carbocycles. The summed E-state index contributed by atoms with van der Waals surface area (Å²) in [5.41, 5.74) is 2.60. The first-order chi connectivity index (χ1) is 12.8. The van der Waals surface area contributed by atoms with Crippen LogP contribution in [-0.2, 0) is 17.9 Å². The fourth-order valence-corrected chi connectivity index (χ4v) is 4.01. The van der Waals surface area contributed by atoms with Gasteiger partial charge in [-0.1, -0.05) is 86.5 Å². The van der Waals surface area contributed by atoms with Gasteiger partial charge < -0.3 is 4.74 Å². The Bertz CT molecular complexity index is 654. The summed E-state index contributed by atoms with van der Waals surface area (Å²) >= 11 is 0. The third kappa shape index (κ3) is 4.84. The quantitative estimate of drug-likeness (QED) is 0.558. The van der Waals surface area contributed by atoms with E-state index in [2.05, 4.69) is 85.1 Å². The highest BCUT2D eigenvalue weighted by Gasteiger charge is 2.40. The van der Waals surface area contributed by atoms with Crippen molar-refractivity contribution in [1.29, 1.82) is 0 Å². The Hall–Kier alpha value is -1.90. The number of benzene rings is 2. The van der Waals surface area contributed by atoms with Crippen LogP contribution in [0.5, 0.6) is 0 Å². The highest BCUT2D eigenvalue weighted by atomic mass is 16.5. The first-order valence-corrected chi connectivity index (χ1v) is 9.88. The van der Waals surface area contributed by atoms with Gasteiger partial charge in [-0.15, -0.1) is 6.58 Å². The third-order valence-electron chi connectivity index (χ3n) is 5.38. The van der Waals surface area contributed by atoms with Gasteiger partial charge in [0.15, 0.2) is 0 Å². The minimum Gasteiger partial charge on any atom is -0.371 e. The van der Waals surface area contributed by atoms with E-state index < -0.39 is 0 Å². The lowest BCUT2D eigenvalue weighted by Gasteiger charge is -2.26. The largest absolute Gasteiger partial charge is 0.371 e. The van der Waals surface area contributed by atoms with E-state index >= 15 is 0 Å². The van der Waals surface area contributed by atoms with Crippen LogP contribution in [-0.4, -0.2) is 23.6 Å². The Labute approximate surface area is 158 Å². The lowest BCUT2D eigenvalue weighted by Crippen LogP contribution is -2.35. The monoisotopic (exact) mass is 349 g/mol. The molecule has 1 heterocycles. The van der Waals surface area contributed by atoms with Crippen LogP contribution < -0.4 is 0 Å². The van der Waals surface area contributed by atoms with Gasteiger partial charge in [0.25, 0.3) is 0 Å². The van der Waals surface area contributed by atoms with Crippen molar-refractivity contribution in [3.05, 3.63) is 84.4 Å². The minimum atomic E-state index is 0.225. The molecule has 1 saturated heterocycles. The highest BCUT2D eigenvalue weighted by molar-refractivity contribution is 5.17. The van der Waals surface area contributed by atoms with E-state index in [4.69, 9.17) is 4.74 Å². The standard InChI is InChI=1S/C24H31NO/c1-3-5-16-22-18-25(17-20-12-8-6-9-13-20)23(4-2)24(22)26-19-21-14-10-7-11-15-21/h4,6-15,22-24H,2-3,5,16-19H2,1H3/t22-,23-,24+/m0/s1. The predicted molar refractivity (Wildman–Crippen MR) is 109 cm³/mol. The van der Waals surface area contributed by atoms with Crippen molar-refractivity contribution in [2.45, 2.75) is 51.5 Å². The fourth-order valence-electron chi connectivity index (χ4n) is 4.01. The zero-order chi connectivity index (χ0) is 18.2. The molecule has 0 aliphatic carbocycles. The molecule has 3 rings (SSSR count). The maximum Gasteiger partial charge on any atom is 0.0810 e. The third-order valence-corrected chi connectivity index (χ3v) is 5.38. The van der Waals surface area contributed by atoms with Gasteiger partial charge in [0.2, 0.25) is 0 Å². The van der Waals surface area contributed by atoms with Crippen LogP contribution >= 0.6 is 0 Å². The second-order valence-electron chi connectivity index (χ2n) is 7.30. The Morgan fingerprint density at radius 2 is 1.69 bits per heavy atom. The van der Waals surface area contributed by atoms with E-state index in [1.807, 2.05) is 0 Å². The molecule has 0 unspecified atom stereocenters. The van der Waals surface area contributed by atoms with Crippen LogP contribution in [0, 0.1) is 5.92 Å². The Morgan fingerprint density at radius 3 is 2.31 bits per heavy atom. The molecule has 2 aromatic rings. The molecule has 1 fully saturated rings. The average Bonchev–Trinajstić information content (AvgIpc) is 3.02. The summed E-state index contributed by atoms with van der Waals surface area (Å²) in [6.07, 6.45) is 6.04. The molecule has 1 aliphatic rings. The molecule has 0 bridgehead atoms. The van der Waals surface area contributed by atoms with Gasteiger partial charge in [0.05, 0.1) is 18.8 Å². The summed E-state index contributed by atoms with van der Waals surface area (Å²) in [5, 5.41) is 0. The van der Waals surface area contributed by atoms with Crippen molar-refractivity contribution in [3.8, 4) is 0 Å². The average molecular weight is 350 g/mol. The summed E-state index contributed by atoms with van der Waals surface area (Å²) in [5.74, 6) is 0.574. The summed E-state index contributed by atoms with van der Waals surface area (Å²) in [4.78, 5) is 2.54. The molecule has 0 saturated carbocycles. The van der Waals surface area contributed by atoms with Crippen LogP contribution in [0.15, 0.2) is 73.3 Å². The summed E-state index contributed by atoms with van der Waals surface area (Å²) in [6, 6.07) is 21.5. The van der Waals surface area contributed by atoms with E-state index in [9.17, 15) is 0 Å². The Morgan fingerprint density at radius 1 is 1.04 bits per heavy atom. The molecular formula is C24H31NO. The van der Waals surface area contributed by atoms with Crippen molar-refractivity contribution < 1.29 is 4.74 Å². The second-order valence-corrected chi connectivity index (χ2v) is 7.30. The van der Waals surface area contributed by atoms with E-state index in [0.29, 0.717) is 12.5 Å². The Balaban J connectivity index is 1.70. The number of ether oxygens (including phenoxy) is 1. The maximum atomic E-state index is 6.46. The Kier molecular flexibility index (Phi) is 7.04. The minimum absolute atomic E-state index is 0.225. The molecule has 0 radical (unpaired) electrons. The van der Waals surface area contributed by atoms with Crippen LogP contribution in [0.4, 0.5) is 0 Å². The van der Waals surface area contributed by atoms with Crippen molar-refractivity contribution >= 4 is 0 Å². The zero-order valence-electron chi connectivity index (χ0n) is 15.9. The SMILES string of the molecule is C=C[C@H]1[C@H](OCc2ccccc2)[C@@H](CCCC)CN1Cc1ccccc1. The molecule has 138 valence electrons. The molecule has 0 spiro atoms. The summed E-state index contributed by atoms with van der Waals surface area (Å²) in [7, 11) is 0. The van der Waals surface area contributed by atoms with Crippen LogP contribution in [0.2, 0.25) is 0 Å². The molecule has 1 aliphatic heterocycles. The van der Waals surface area contributed by atoms with Crippen LogP contribution in [0.1, 0.15) is 37.3 Å². The number of likely N-dealkylation sites (tertiary alicyclic amines) is 1. The van der Waals surface area contributed by atoms with E-state index in [1.54, 1.807) is 0 Å². The highest BCUT2D eigenvalue weighted by Crippen LogP contribution is 2.32. The molecule has 2 heteroatoms. The number of unbranched alkanes of at least 4 members (excludes halogenated alkanes) is 1. The van der Waals surface area contributed by atoms with E-state index in [1.165, 1.54) is 30.4 Å². The number of hydrogen-bond donors (Lipinski definition) is 0. The van der Waals surface area contributed by atoms with Crippen LogP contribution in [0.3, 0.4) is 0 Å². The van der Waals surface area contributed by atoms with Crippen LogP contribution in [0.25, 0.3) is 0 Å². The molecule has 0 amide bonds. The smallest absolute Gasteiger partial charge is 0.0810 e. The van der Waals surface area contributed by atoms with Gasteiger partial charge in [-0.25, -0.2) is 0 Å². The lowest BCUT2D eigenvalue weighted by atomic mass is 9.95. The normalized spacial score (nSPS) is 23.2. The number of hydrogen-bond acceptors (Lipinski definition) is 2. The number of nitrogens with zero attached hydrogens (tertiary/aromatic N) is 1. The topological polar surface area (TPSA) is 12.5 Å². The zero-order valence-corrected chi connectivity index (χ0v) is 15.9. The predicted octanol–water partition coefficient (Wildman–Crippen LogP) is 5.45. The summed E-state index contributed by atoms with van der Waals surface area (Å²) in [6.45, 7) is 9.13. The van der Waals surface area contributed by atoms with Crippen molar-refractivity contribution in [2.75, 3.05) is 6.54 Å². The first-order valence-electron chi connectivity index (χ1n) is 9.88. The molecule has 0 aromatic heterocycles. The van der Waals surface area contributed by atoms with Gasteiger partial charge in [-0.3, -0.25) is 4.90 Å². The molecule has 2 nitrogen and oxygen atoms in total.